The van der Waals surface area contributed by atoms with Gasteiger partial charge in [-0.2, -0.15) is 0 Å². The molecular weight excluding hydrogens is 760 g/mol. The monoisotopic (exact) mass is 833 g/mol. The number of nitrogens with one attached hydrogen (secondary N) is 2. The van der Waals surface area contributed by atoms with Crippen LogP contribution in [-0.2, 0) is 42.8 Å². The van der Waals surface area contributed by atoms with E-state index in [2.05, 4.69) is 10.6 Å². The second-order valence-electron chi connectivity index (χ2n) is 16.8. The largest absolute Gasteiger partial charge is 0.481 e. The Balaban J connectivity index is 2.65. The van der Waals surface area contributed by atoms with Crippen molar-refractivity contribution in [2.45, 2.75) is 105 Å². The van der Waals surface area contributed by atoms with Crippen LogP contribution in [0.3, 0.4) is 0 Å². The quantitative estimate of drug-likeness (QED) is 0.126. The summed E-state index contributed by atoms with van der Waals surface area (Å²) >= 11 is 0. The van der Waals surface area contributed by atoms with Crippen LogP contribution in [0.2, 0.25) is 0 Å². The Morgan fingerprint density at radius 2 is 0.810 bits per heavy atom. The van der Waals surface area contributed by atoms with E-state index in [0.29, 0.717) is 78.7 Å². The first-order chi connectivity index (χ1) is 27.0. The van der Waals surface area contributed by atoms with E-state index in [0.717, 1.165) is 0 Å². The first-order valence-corrected chi connectivity index (χ1v) is 20.2. The molecule has 0 spiro atoms. The molecule has 0 saturated carbocycles. The van der Waals surface area contributed by atoms with Crippen molar-refractivity contribution in [2.24, 2.45) is 0 Å². The van der Waals surface area contributed by atoms with Gasteiger partial charge < -0.3 is 58.9 Å². The molecule has 1 rings (SSSR count). The van der Waals surface area contributed by atoms with Gasteiger partial charge in [0.05, 0.1) is 39.4 Å². The molecule has 1 aliphatic heterocycles. The molecule has 0 aromatic rings. The fourth-order valence-corrected chi connectivity index (χ4v) is 5.05. The minimum atomic E-state index is -1.01. The molecule has 5 amide bonds. The number of carbonyl (C=O) groups is 6. The molecule has 0 radical (unpaired) electrons. The molecule has 0 unspecified atom stereocenters. The van der Waals surface area contributed by atoms with Crippen molar-refractivity contribution in [1.29, 1.82) is 0 Å². The van der Waals surface area contributed by atoms with Crippen LogP contribution in [0.5, 0.6) is 0 Å². The zero-order valence-corrected chi connectivity index (χ0v) is 36.5. The lowest BCUT2D eigenvalue weighted by Crippen LogP contribution is -2.52. The normalized spacial score (nSPS) is 15.2. The molecule has 3 N–H and O–H groups in total. The van der Waals surface area contributed by atoms with Crippen LogP contribution in [0.1, 0.15) is 88.0 Å². The standard InChI is InChI=1S/C39H72N6O13/c1-37(2,3)56-34(50)43-18-16-42(17-19-44(35(51)57-38(4,5)6)21-23-45(22-20-43)36(52)58-39(7,8)9)30-32(47)41-15-11-25-54-27-29-55-28-26-53-24-10-14-40-31(46)12-13-33(48)49/h10-30H2,1-9H3,(H,40,46)(H,41,47)(H,48,49). The number of aliphatic carboxylic acids is 1. The van der Waals surface area contributed by atoms with Crippen LogP contribution in [0.4, 0.5) is 14.4 Å². The Labute approximate surface area is 344 Å². The number of nitrogens with zero attached hydrogens (tertiary/aromatic N) is 4. The number of ether oxygens (including phenoxy) is 6. The van der Waals surface area contributed by atoms with Crippen LogP contribution in [0.25, 0.3) is 0 Å². The Morgan fingerprint density at radius 3 is 1.16 bits per heavy atom. The van der Waals surface area contributed by atoms with E-state index >= 15 is 0 Å². The second kappa shape index (κ2) is 26.9. The van der Waals surface area contributed by atoms with Gasteiger partial charge >= 0.3 is 24.2 Å². The highest BCUT2D eigenvalue weighted by molar-refractivity contribution is 5.80. The lowest BCUT2D eigenvalue weighted by Gasteiger charge is -2.35. The maximum absolute atomic E-state index is 13.3. The summed E-state index contributed by atoms with van der Waals surface area (Å²) in [6.45, 7) is 20.7. The summed E-state index contributed by atoms with van der Waals surface area (Å²) in [5, 5.41) is 14.2. The molecule has 0 aliphatic carbocycles. The van der Waals surface area contributed by atoms with Crippen molar-refractivity contribution >= 4 is 36.1 Å². The summed E-state index contributed by atoms with van der Waals surface area (Å²) < 4.78 is 33.6. The van der Waals surface area contributed by atoms with Crippen LogP contribution in [0.15, 0.2) is 0 Å². The summed E-state index contributed by atoms with van der Waals surface area (Å²) in [7, 11) is 0. The molecule has 19 heteroatoms. The smallest absolute Gasteiger partial charge is 0.410 e. The predicted octanol–water partition coefficient (Wildman–Crippen LogP) is 2.94. The number of carbonyl (C=O) groups excluding carboxylic acids is 5. The zero-order valence-electron chi connectivity index (χ0n) is 36.5. The SMILES string of the molecule is CC(C)(C)OC(=O)N1CCN(CC(=O)NCCCOCCOCCOCCCNC(=O)CCC(=O)O)CCN(C(=O)OC(C)(C)C)CCN(C(=O)OC(C)(C)C)CC1. The Morgan fingerprint density at radius 1 is 0.483 bits per heavy atom. The van der Waals surface area contributed by atoms with Gasteiger partial charge in [-0.05, 0) is 75.2 Å². The molecule has 0 aromatic carbocycles. The Hall–Kier alpha value is -3.94. The second-order valence-corrected chi connectivity index (χ2v) is 16.8. The maximum atomic E-state index is 13.3. The number of amides is 5. The van der Waals surface area contributed by atoms with E-state index < -0.39 is 41.1 Å². The van der Waals surface area contributed by atoms with Crippen LogP contribution < -0.4 is 10.6 Å². The predicted molar refractivity (Wildman–Crippen MR) is 214 cm³/mol. The molecule has 0 atom stereocenters. The first kappa shape index (κ1) is 52.1. The van der Waals surface area contributed by atoms with Crippen molar-refractivity contribution in [3.05, 3.63) is 0 Å². The number of carboxylic acid groups (broad SMARTS) is 1. The number of carboxylic acids is 1. The average Bonchev–Trinajstić information content (AvgIpc) is 3.07. The molecule has 1 saturated heterocycles. The van der Waals surface area contributed by atoms with E-state index in [-0.39, 0.29) is 70.5 Å². The third-order valence-electron chi connectivity index (χ3n) is 7.86. The lowest BCUT2D eigenvalue weighted by molar-refractivity contribution is -0.138. The molecule has 0 aromatic heterocycles. The van der Waals surface area contributed by atoms with Crippen molar-refractivity contribution in [2.75, 3.05) is 112 Å². The van der Waals surface area contributed by atoms with E-state index in [1.54, 1.807) is 62.3 Å². The fraction of sp³-hybridized carbons (Fsp3) is 0.846. The molecule has 58 heavy (non-hydrogen) atoms. The van der Waals surface area contributed by atoms with Gasteiger partial charge in [0.25, 0.3) is 0 Å². The number of hydrogen-bond acceptors (Lipinski definition) is 13. The number of hydrogen-bond donors (Lipinski definition) is 3. The highest BCUT2D eigenvalue weighted by Gasteiger charge is 2.30. The van der Waals surface area contributed by atoms with Gasteiger partial charge in [-0.1, -0.05) is 0 Å². The van der Waals surface area contributed by atoms with E-state index in [1.807, 2.05) is 4.90 Å². The zero-order chi connectivity index (χ0) is 43.8. The van der Waals surface area contributed by atoms with Gasteiger partial charge in [0.2, 0.25) is 11.8 Å². The van der Waals surface area contributed by atoms with Crippen LogP contribution in [0, 0.1) is 0 Å². The maximum Gasteiger partial charge on any atom is 0.410 e. The minimum Gasteiger partial charge on any atom is -0.481 e. The first-order valence-electron chi connectivity index (χ1n) is 20.2. The summed E-state index contributed by atoms with van der Waals surface area (Å²) in [4.78, 5) is 81.3. The lowest BCUT2D eigenvalue weighted by atomic mass is 10.2. The molecule has 1 aliphatic rings. The van der Waals surface area contributed by atoms with E-state index in [9.17, 15) is 28.8 Å². The van der Waals surface area contributed by atoms with Gasteiger partial charge in [0.15, 0.2) is 0 Å². The van der Waals surface area contributed by atoms with Gasteiger partial charge in [-0.15, -0.1) is 0 Å². The molecule has 1 heterocycles. The molecule has 336 valence electrons. The summed E-state index contributed by atoms with van der Waals surface area (Å²) in [5.41, 5.74) is -2.25. The van der Waals surface area contributed by atoms with Crippen molar-refractivity contribution in [3.63, 3.8) is 0 Å². The van der Waals surface area contributed by atoms with Gasteiger partial charge in [-0.3, -0.25) is 19.3 Å². The molecule has 19 nitrogen and oxygen atoms in total. The molecule has 1 fully saturated rings. The Kier molecular flexibility index (Phi) is 24.2. The van der Waals surface area contributed by atoms with Crippen molar-refractivity contribution < 1.29 is 62.3 Å². The van der Waals surface area contributed by atoms with Crippen LogP contribution >= 0.6 is 0 Å². The van der Waals surface area contributed by atoms with E-state index in [1.165, 1.54) is 14.7 Å². The van der Waals surface area contributed by atoms with Gasteiger partial charge in [-0.25, -0.2) is 14.4 Å². The van der Waals surface area contributed by atoms with E-state index in [4.69, 9.17) is 33.5 Å². The fourth-order valence-electron chi connectivity index (χ4n) is 5.05. The summed E-state index contributed by atoms with van der Waals surface area (Å²) in [5.74, 6) is -1.53. The van der Waals surface area contributed by atoms with Gasteiger partial charge in [0.1, 0.15) is 16.8 Å². The molecule has 0 bridgehead atoms. The average molecular weight is 833 g/mol. The van der Waals surface area contributed by atoms with Crippen LogP contribution in [-0.4, -0.2) is 189 Å². The van der Waals surface area contributed by atoms with Crippen molar-refractivity contribution in [1.82, 2.24) is 30.2 Å². The highest BCUT2D eigenvalue weighted by Crippen LogP contribution is 2.15. The Bertz CT molecular complexity index is 1220. The van der Waals surface area contributed by atoms with Crippen molar-refractivity contribution in [3.8, 4) is 0 Å². The topological polar surface area (TPSA) is 215 Å². The minimum absolute atomic E-state index is 0.0204. The highest BCUT2D eigenvalue weighted by atomic mass is 16.6. The third kappa shape index (κ3) is 27.7. The van der Waals surface area contributed by atoms with Gasteiger partial charge in [0, 0.05) is 85.1 Å². The molecular formula is C39H72N6O13. The summed E-state index contributed by atoms with van der Waals surface area (Å²) in [6, 6.07) is 0. The number of rotatable bonds is 19. The third-order valence-corrected chi connectivity index (χ3v) is 7.86. The summed E-state index contributed by atoms with van der Waals surface area (Å²) in [6.07, 6.45) is -0.703.